The summed E-state index contributed by atoms with van der Waals surface area (Å²) in [6, 6.07) is -0.555. The fraction of sp³-hybridized carbons (Fsp3) is 0.769. The van der Waals surface area contributed by atoms with Crippen LogP contribution in [0.3, 0.4) is 0 Å². The first-order valence-electron chi connectivity index (χ1n) is 6.98. The topological polar surface area (TPSA) is 117 Å². The van der Waals surface area contributed by atoms with Gasteiger partial charge in [0.15, 0.2) is 0 Å². The third-order valence-corrected chi connectivity index (χ3v) is 3.35. The zero-order valence-electron chi connectivity index (χ0n) is 12.4. The molecule has 1 saturated heterocycles. The van der Waals surface area contributed by atoms with Gasteiger partial charge in [0.2, 0.25) is 5.91 Å². The van der Waals surface area contributed by atoms with Gasteiger partial charge in [0.1, 0.15) is 0 Å². The fourth-order valence-electron chi connectivity index (χ4n) is 2.07. The van der Waals surface area contributed by atoms with E-state index in [0.717, 1.165) is 0 Å². The molecule has 0 aliphatic carbocycles. The van der Waals surface area contributed by atoms with Crippen molar-refractivity contribution in [3.63, 3.8) is 0 Å². The van der Waals surface area contributed by atoms with Gasteiger partial charge in [-0.25, -0.2) is 4.79 Å². The Kier molecular flexibility index (Phi) is 6.41. The molecule has 0 unspecified atom stereocenters. The highest BCUT2D eigenvalue weighted by Gasteiger charge is 2.40. The molecule has 0 saturated carbocycles. The summed E-state index contributed by atoms with van der Waals surface area (Å²) in [5.41, 5.74) is -0.990. The van der Waals surface area contributed by atoms with Crippen LogP contribution in [0.4, 0.5) is 4.79 Å². The number of ether oxygens (including phenoxy) is 1. The number of hydrogen-bond acceptors (Lipinski definition) is 4. The smallest absolute Gasteiger partial charge is 0.315 e. The summed E-state index contributed by atoms with van der Waals surface area (Å²) < 4.78 is 5.15. The van der Waals surface area contributed by atoms with E-state index in [2.05, 4.69) is 16.0 Å². The van der Waals surface area contributed by atoms with Gasteiger partial charge in [-0.1, -0.05) is 0 Å². The van der Waals surface area contributed by atoms with Crippen LogP contribution in [0.1, 0.15) is 26.7 Å². The van der Waals surface area contributed by atoms with Crippen LogP contribution in [0.5, 0.6) is 0 Å². The van der Waals surface area contributed by atoms with E-state index in [-0.39, 0.29) is 25.0 Å². The van der Waals surface area contributed by atoms with Crippen LogP contribution in [0, 0.1) is 5.41 Å². The average molecular weight is 301 g/mol. The normalized spacial score (nSPS) is 17.1. The minimum Gasteiger partial charge on any atom is -0.481 e. The lowest BCUT2D eigenvalue weighted by Gasteiger charge is -2.33. The maximum Gasteiger partial charge on any atom is 0.315 e. The van der Waals surface area contributed by atoms with Crippen molar-refractivity contribution in [3.05, 3.63) is 0 Å². The third kappa shape index (κ3) is 5.58. The van der Waals surface area contributed by atoms with E-state index in [9.17, 15) is 19.5 Å². The number of carboxylic acids is 1. The lowest BCUT2D eigenvalue weighted by molar-refractivity contribution is -0.154. The molecule has 0 bridgehead atoms. The van der Waals surface area contributed by atoms with Gasteiger partial charge in [0, 0.05) is 25.8 Å². The average Bonchev–Trinajstić information content (AvgIpc) is 2.43. The predicted octanol–water partition coefficient (Wildman–Crippen LogP) is -0.308. The van der Waals surface area contributed by atoms with Gasteiger partial charge in [0.05, 0.1) is 12.0 Å². The Morgan fingerprint density at radius 2 is 1.81 bits per heavy atom. The quantitative estimate of drug-likeness (QED) is 0.537. The van der Waals surface area contributed by atoms with Gasteiger partial charge in [-0.2, -0.15) is 0 Å². The summed E-state index contributed by atoms with van der Waals surface area (Å²) in [6.45, 7) is 4.24. The lowest BCUT2D eigenvalue weighted by atomic mass is 9.80. The van der Waals surface area contributed by atoms with Crippen LogP contribution in [0.2, 0.25) is 0 Å². The number of carbonyl (C=O) groups is 3. The van der Waals surface area contributed by atoms with Crippen molar-refractivity contribution in [2.75, 3.05) is 26.3 Å². The molecule has 0 atom stereocenters. The first-order chi connectivity index (χ1) is 9.85. The van der Waals surface area contributed by atoms with Crippen molar-refractivity contribution in [1.29, 1.82) is 0 Å². The van der Waals surface area contributed by atoms with E-state index in [1.165, 1.54) is 0 Å². The highest BCUT2D eigenvalue weighted by atomic mass is 16.5. The summed E-state index contributed by atoms with van der Waals surface area (Å²) in [6.07, 6.45) is 0.715. The van der Waals surface area contributed by atoms with Gasteiger partial charge in [-0.3, -0.25) is 9.59 Å². The number of rotatable bonds is 6. The van der Waals surface area contributed by atoms with E-state index >= 15 is 0 Å². The fourth-order valence-corrected chi connectivity index (χ4v) is 2.07. The van der Waals surface area contributed by atoms with Crippen LogP contribution < -0.4 is 16.0 Å². The summed E-state index contributed by atoms with van der Waals surface area (Å²) in [7, 11) is 0. The largest absolute Gasteiger partial charge is 0.481 e. The number of hydrogen-bond donors (Lipinski definition) is 4. The van der Waals surface area contributed by atoms with Crippen molar-refractivity contribution in [2.24, 2.45) is 5.41 Å². The van der Waals surface area contributed by atoms with Crippen molar-refractivity contribution in [3.8, 4) is 0 Å². The Balaban J connectivity index is 2.37. The van der Waals surface area contributed by atoms with Crippen molar-refractivity contribution in [2.45, 2.75) is 32.7 Å². The molecule has 1 rings (SSSR count). The zero-order chi connectivity index (χ0) is 15.9. The molecule has 1 heterocycles. The monoisotopic (exact) mass is 301 g/mol. The molecule has 0 radical (unpaired) electrons. The molecule has 120 valence electrons. The summed E-state index contributed by atoms with van der Waals surface area (Å²) in [5, 5.41) is 16.9. The van der Waals surface area contributed by atoms with Gasteiger partial charge >= 0.3 is 12.0 Å². The molecule has 0 aromatic heterocycles. The molecule has 8 heteroatoms. The number of nitrogens with one attached hydrogen (secondary N) is 3. The molecule has 0 aromatic rings. The van der Waals surface area contributed by atoms with Gasteiger partial charge in [0.25, 0.3) is 0 Å². The van der Waals surface area contributed by atoms with Gasteiger partial charge in [-0.05, 0) is 26.7 Å². The number of amides is 3. The SMILES string of the molecule is CC(C)NC(=O)CNC(=O)NCC1(C(=O)O)CCOCC1. The second-order valence-electron chi connectivity index (χ2n) is 5.46. The molecule has 8 nitrogen and oxygen atoms in total. The molecular formula is C13H23N3O5. The van der Waals surface area contributed by atoms with Crippen LogP contribution >= 0.6 is 0 Å². The number of urea groups is 1. The summed E-state index contributed by atoms with van der Waals surface area (Å²) in [5.74, 6) is -1.23. The Morgan fingerprint density at radius 1 is 1.19 bits per heavy atom. The molecule has 0 spiro atoms. The maximum atomic E-state index is 11.6. The maximum absolute atomic E-state index is 11.6. The molecule has 1 aliphatic rings. The summed E-state index contributed by atoms with van der Waals surface area (Å²) >= 11 is 0. The number of carbonyl (C=O) groups excluding carboxylic acids is 2. The molecule has 0 aromatic carbocycles. The van der Waals surface area contributed by atoms with E-state index in [1.54, 1.807) is 0 Å². The van der Waals surface area contributed by atoms with Crippen molar-refractivity contribution >= 4 is 17.9 Å². The van der Waals surface area contributed by atoms with Gasteiger partial charge < -0.3 is 25.8 Å². The molecule has 1 aliphatic heterocycles. The van der Waals surface area contributed by atoms with E-state index in [1.807, 2.05) is 13.8 Å². The molecular weight excluding hydrogens is 278 g/mol. The number of carboxylic acid groups (broad SMARTS) is 1. The first kappa shape index (κ1) is 17.2. The van der Waals surface area contributed by atoms with Crippen molar-refractivity contribution in [1.82, 2.24) is 16.0 Å². The second-order valence-corrected chi connectivity index (χ2v) is 5.46. The van der Waals surface area contributed by atoms with E-state index < -0.39 is 17.4 Å². The highest BCUT2D eigenvalue weighted by molar-refractivity contribution is 5.84. The number of aliphatic carboxylic acids is 1. The molecule has 21 heavy (non-hydrogen) atoms. The van der Waals surface area contributed by atoms with Gasteiger partial charge in [-0.15, -0.1) is 0 Å². The Morgan fingerprint density at radius 3 is 2.33 bits per heavy atom. The van der Waals surface area contributed by atoms with Crippen LogP contribution in [-0.2, 0) is 14.3 Å². The van der Waals surface area contributed by atoms with E-state index in [4.69, 9.17) is 4.74 Å². The standard InChI is InChI=1S/C13H23N3O5/c1-9(2)16-10(17)7-14-12(20)15-8-13(11(18)19)3-5-21-6-4-13/h9H,3-8H2,1-2H3,(H,16,17)(H,18,19)(H2,14,15,20). The Labute approximate surface area is 123 Å². The van der Waals surface area contributed by atoms with E-state index in [0.29, 0.717) is 26.1 Å². The zero-order valence-corrected chi connectivity index (χ0v) is 12.4. The molecule has 1 fully saturated rings. The van der Waals surface area contributed by atoms with Crippen LogP contribution in [-0.4, -0.2) is 55.4 Å². The Hall–Kier alpha value is -1.83. The van der Waals surface area contributed by atoms with Crippen LogP contribution in [0.15, 0.2) is 0 Å². The predicted molar refractivity (Wildman–Crippen MR) is 74.8 cm³/mol. The minimum atomic E-state index is -0.990. The third-order valence-electron chi connectivity index (χ3n) is 3.35. The second kappa shape index (κ2) is 7.82. The van der Waals surface area contributed by atoms with Crippen molar-refractivity contribution < 1.29 is 24.2 Å². The minimum absolute atomic E-state index is 0.000111. The lowest BCUT2D eigenvalue weighted by Crippen LogP contribution is -2.50. The Bertz CT molecular complexity index is 391. The highest BCUT2D eigenvalue weighted by Crippen LogP contribution is 2.29. The first-order valence-corrected chi connectivity index (χ1v) is 6.98. The summed E-state index contributed by atoms with van der Waals surface area (Å²) in [4.78, 5) is 34.4. The molecule has 4 N–H and O–H groups in total. The molecule has 3 amide bonds. The van der Waals surface area contributed by atoms with Crippen LogP contribution in [0.25, 0.3) is 0 Å².